The van der Waals surface area contributed by atoms with Gasteiger partial charge in [0.2, 0.25) is 0 Å². The van der Waals surface area contributed by atoms with Crippen LogP contribution >= 0.6 is 24.4 Å². The molecule has 0 amide bonds. The van der Waals surface area contributed by atoms with E-state index in [1.54, 1.807) is 19.9 Å². The molecule has 0 unspecified atom stereocenters. The van der Waals surface area contributed by atoms with Gasteiger partial charge in [0.05, 0.1) is 6.61 Å². The average Bonchev–Trinajstić information content (AvgIpc) is 2.30. The maximum Gasteiger partial charge on any atom is 0.123 e. The fourth-order valence-corrected chi connectivity index (χ4v) is 1.33. The smallest absolute Gasteiger partial charge is 0.123 e. The summed E-state index contributed by atoms with van der Waals surface area (Å²) in [6.07, 6.45) is 0. The number of allylic oxidation sites excluding steroid dienone is 2. The van der Waals surface area contributed by atoms with Gasteiger partial charge in [-0.15, -0.1) is 0 Å². The van der Waals surface area contributed by atoms with Crippen LogP contribution in [0.3, 0.4) is 0 Å². The van der Waals surface area contributed by atoms with Gasteiger partial charge in [0.25, 0.3) is 0 Å². The van der Waals surface area contributed by atoms with Crippen molar-refractivity contribution >= 4 is 34.4 Å². The van der Waals surface area contributed by atoms with Crippen molar-refractivity contribution in [3.63, 3.8) is 0 Å². The van der Waals surface area contributed by atoms with Gasteiger partial charge in [0, 0.05) is 5.70 Å². The lowest BCUT2D eigenvalue weighted by Gasteiger charge is -2.03. The van der Waals surface area contributed by atoms with Crippen LogP contribution in [0.15, 0.2) is 22.6 Å². The van der Waals surface area contributed by atoms with Gasteiger partial charge in [-0.05, 0) is 20.8 Å². The first-order valence-corrected chi connectivity index (χ1v) is 6.24. The third-order valence-corrected chi connectivity index (χ3v) is 2.23. The number of ether oxygens (including phenoxy) is 1. The Labute approximate surface area is 129 Å². The first-order valence-electron chi connectivity index (χ1n) is 5.42. The Balaban J connectivity index is 0. The van der Waals surface area contributed by atoms with E-state index in [4.69, 9.17) is 32.5 Å². The molecular formula is C12H17N5OS2. The van der Waals surface area contributed by atoms with Gasteiger partial charge < -0.3 is 21.9 Å². The molecule has 0 aromatic rings. The molecule has 0 aromatic carbocycles. The highest BCUT2D eigenvalue weighted by atomic mass is 32.1. The normalized spacial score (nSPS) is 11.4. The molecule has 0 saturated heterocycles. The SMILES string of the molecule is C/C(N)=C(/C#N)C(N)=S.CCO/C(C)=C(\C#N)C(N)=S. The molecule has 108 valence electrons. The fourth-order valence-electron chi connectivity index (χ4n) is 0.934. The van der Waals surface area contributed by atoms with Crippen LogP contribution in [-0.2, 0) is 4.74 Å². The van der Waals surface area contributed by atoms with Crippen molar-refractivity contribution in [2.24, 2.45) is 17.2 Å². The zero-order valence-corrected chi connectivity index (χ0v) is 13.2. The minimum atomic E-state index is 0.0532. The van der Waals surface area contributed by atoms with Crippen LogP contribution in [0.4, 0.5) is 0 Å². The van der Waals surface area contributed by atoms with Crippen molar-refractivity contribution < 1.29 is 4.74 Å². The van der Waals surface area contributed by atoms with E-state index in [-0.39, 0.29) is 21.1 Å². The molecule has 0 rings (SSSR count). The molecular weight excluding hydrogens is 294 g/mol. The van der Waals surface area contributed by atoms with E-state index < -0.39 is 0 Å². The van der Waals surface area contributed by atoms with Crippen LogP contribution in [0.25, 0.3) is 0 Å². The Morgan fingerprint density at radius 1 is 1.00 bits per heavy atom. The molecule has 0 fully saturated rings. The second kappa shape index (κ2) is 10.7. The molecule has 8 heteroatoms. The van der Waals surface area contributed by atoms with Gasteiger partial charge in [-0.3, -0.25) is 0 Å². The maximum absolute atomic E-state index is 8.54. The Hall–Kier alpha value is -2.16. The van der Waals surface area contributed by atoms with E-state index in [1.807, 2.05) is 13.0 Å². The quantitative estimate of drug-likeness (QED) is 0.304. The van der Waals surface area contributed by atoms with Crippen molar-refractivity contribution in [2.45, 2.75) is 20.8 Å². The summed E-state index contributed by atoms with van der Waals surface area (Å²) in [5, 5.41) is 16.8. The van der Waals surface area contributed by atoms with Crippen LogP contribution in [0.2, 0.25) is 0 Å². The predicted molar refractivity (Wildman–Crippen MR) is 86.0 cm³/mol. The van der Waals surface area contributed by atoms with Crippen LogP contribution < -0.4 is 17.2 Å². The van der Waals surface area contributed by atoms with Crippen molar-refractivity contribution in [3.05, 3.63) is 22.6 Å². The molecule has 20 heavy (non-hydrogen) atoms. The molecule has 0 heterocycles. The predicted octanol–water partition coefficient (Wildman–Crippen LogP) is 1.14. The summed E-state index contributed by atoms with van der Waals surface area (Å²) in [4.78, 5) is 0.135. The van der Waals surface area contributed by atoms with E-state index in [2.05, 4.69) is 24.4 Å². The summed E-state index contributed by atoms with van der Waals surface area (Å²) in [5.41, 5.74) is 16.4. The lowest BCUT2D eigenvalue weighted by atomic mass is 10.2. The van der Waals surface area contributed by atoms with E-state index >= 15 is 0 Å². The van der Waals surface area contributed by atoms with Crippen molar-refractivity contribution in [1.29, 1.82) is 10.5 Å². The maximum atomic E-state index is 8.54. The second-order valence-electron chi connectivity index (χ2n) is 3.37. The number of nitrogens with zero attached hydrogens (tertiary/aromatic N) is 2. The molecule has 0 aromatic heterocycles. The number of hydrogen-bond donors (Lipinski definition) is 3. The molecule has 0 saturated carbocycles. The van der Waals surface area contributed by atoms with E-state index in [9.17, 15) is 0 Å². The number of nitrogens with two attached hydrogens (primary N) is 3. The van der Waals surface area contributed by atoms with Gasteiger partial charge in [0.15, 0.2) is 0 Å². The molecule has 0 radical (unpaired) electrons. The number of nitriles is 2. The number of thiocarbonyl (C=S) groups is 2. The molecule has 0 atom stereocenters. The first kappa shape index (κ1) is 20.2. The van der Waals surface area contributed by atoms with Gasteiger partial charge in [-0.1, -0.05) is 24.4 Å². The largest absolute Gasteiger partial charge is 0.497 e. The van der Waals surface area contributed by atoms with Crippen molar-refractivity contribution in [1.82, 2.24) is 0 Å². The molecule has 0 aliphatic rings. The lowest BCUT2D eigenvalue weighted by molar-refractivity contribution is 0.230. The third kappa shape index (κ3) is 8.03. The summed E-state index contributed by atoms with van der Waals surface area (Å²) in [7, 11) is 0. The van der Waals surface area contributed by atoms with Crippen molar-refractivity contribution in [2.75, 3.05) is 6.61 Å². The third-order valence-electron chi connectivity index (χ3n) is 1.82. The Morgan fingerprint density at radius 2 is 1.40 bits per heavy atom. The molecule has 0 aliphatic heterocycles. The highest BCUT2D eigenvalue weighted by Crippen LogP contribution is 2.04. The summed E-state index contributed by atoms with van der Waals surface area (Å²) >= 11 is 9.13. The van der Waals surface area contributed by atoms with E-state index in [0.29, 0.717) is 18.1 Å². The van der Waals surface area contributed by atoms with Gasteiger partial charge in [-0.25, -0.2) is 0 Å². The van der Waals surface area contributed by atoms with Gasteiger partial charge in [0.1, 0.15) is 39.0 Å². The van der Waals surface area contributed by atoms with E-state index in [1.165, 1.54) is 0 Å². The van der Waals surface area contributed by atoms with Crippen molar-refractivity contribution in [3.8, 4) is 12.1 Å². The Morgan fingerprint density at radius 3 is 1.55 bits per heavy atom. The molecule has 0 spiro atoms. The average molecular weight is 311 g/mol. The van der Waals surface area contributed by atoms with Gasteiger partial charge >= 0.3 is 0 Å². The van der Waals surface area contributed by atoms with E-state index in [0.717, 1.165) is 0 Å². The topological polar surface area (TPSA) is 135 Å². The van der Waals surface area contributed by atoms with Crippen LogP contribution in [0.1, 0.15) is 20.8 Å². The minimum absolute atomic E-state index is 0.0532. The van der Waals surface area contributed by atoms with Crippen LogP contribution in [0.5, 0.6) is 0 Å². The summed E-state index contributed by atoms with van der Waals surface area (Å²) < 4.78 is 5.05. The lowest BCUT2D eigenvalue weighted by Crippen LogP contribution is -2.14. The Bertz CT molecular complexity index is 519. The first-order chi connectivity index (χ1) is 9.22. The highest BCUT2D eigenvalue weighted by Gasteiger charge is 2.04. The summed E-state index contributed by atoms with van der Waals surface area (Å²) in [6, 6.07) is 3.66. The van der Waals surface area contributed by atoms with Gasteiger partial charge in [-0.2, -0.15) is 10.5 Å². The fraction of sp³-hybridized carbons (Fsp3) is 0.333. The monoisotopic (exact) mass is 311 g/mol. The summed E-state index contributed by atoms with van der Waals surface area (Å²) in [6.45, 7) is 5.59. The summed E-state index contributed by atoms with van der Waals surface area (Å²) in [5.74, 6) is 0.488. The Kier molecular flexibility index (Phi) is 10.8. The number of rotatable bonds is 4. The van der Waals surface area contributed by atoms with Crippen LogP contribution in [0, 0.1) is 22.7 Å². The zero-order valence-electron chi connectivity index (χ0n) is 11.6. The molecule has 0 aliphatic carbocycles. The molecule has 0 bridgehead atoms. The van der Waals surface area contributed by atoms with Crippen LogP contribution in [-0.4, -0.2) is 16.6 Å². The standard InChI is InChI=1S/C7H10N2OS.C5H7N3S/c1-3-10-5(2)6(4-8)7(9)11;1-3(7)4(2-6)5(8)9/h3H2,1-2H3,(H2,9,11);7H2,1H3,(H2,8,9)/b6-5+;4-3+. The minimum Gasteiger partial charge on any atom is -0.497 e. The number of hydrogen-bond acceptors (Lipinski definition) is 6. The molecule has 6 N–H and O–H groups in total. The molecule has 6 nitrogen and oxygen atoms in total. The second-order valence-corrected chi connectivity index (χ2v) is 4.25. The zero-order chi connectivity index (χ0) is 16.3. The highest BCUT2D eigenvalue weighted by molar-refractivity contribution is 7.81.